The van der Waals surface area contributed by atoms with Gasteiger partial charge in [-0.1, -0.05) is 18.5 Å². The molecule has 2 aromatic rings. The van der Waals surface area contributed by atoms with Crippen molar-refractivity contribution in [3.63, 3.8) is 0 Å². The van der Waals surface area contributed by atoms with Crippen molar-refractivity contribution in [1.82, 2.24) is 4.90 Å². The predicted octanol–water partition coefficient (Wildman–Crippen LogP) is 4.93. The highest BCUT2D eigenvalue weighted by Gasteiger charge is 2.17. The molecule has 1 N–H and O–H groups in total. The van der Waals surface area contributed by atoms with Gasteiger partial charge < -0.3 is 9.64 Å². The Morgan fingerprint density at radius 2 is 2.07 bits per heavy atom. The number of halogens is 1. The number of hydroxylamine groups is 1. The SMILES string of the molecule is CC1CCN(CCc2cc(Cl)cc(C#N)c2)C1.COc1ccc(N(C)O)c(C)c1. The number of rotatable bonds is 5. The number of nitrogens with zero attached hydrogens (tertiary/aromatic N) is 3. The minimum atomic E-state index is 0.655. The minimum absolute atomic E-state index is 0.655. The lowest BCUT2D eigenvalue weighted by atomic mass is 10.1. The Morgan fingerprint density at radius 1 is 1.31 bits per heavy atom. The van der Waals surface area contributed by atoms with Gasteiger partial charge in [0.1, 0.15) is 5.75 Å². The van der Waals surface area contributed by atoms with Gasteiger partial charge in [0.05, 0.1) is 24.4 Å². The molecular formula is C23H30ClN3O2. The fourth-order valence-electron chi connectivity index (χ4n) is 3.49. The molecule has 0 bridgehead atoms. The monoisotopic (exact) mass is 415 g/mol. The van der Waals surface area contributed by atoms with Crippen molar-refractivity contribution in [3.05, 3.63) is 58.1 Å². The molecule has 29 heavy (non-hydrogen) atoms. The number of anilines is 1. The summed E-state index contributed by atoms with van der Waals surface area (Å²) in [6.45, 7) is 7.69. The Bertz CT molecular complexity index is 849. The average Bonchev–Trinajstić information content (AvgIpc) is 3.11. The molecule has 1 fully saturated rings. The van der Waals surface area contributed by atoms with Crippen molar-refractivity contribution in [1.29, 1.82) is 5.26 Å². The second kappa shape index (κ2) is 11.1. The molecule has 0 radical (unpaired) electrons. The second-order valence-corrected chi connectivity index (χ2v) is 8.02. The number of ether oxygens (including phenoxy) is 1. The Hall–Kier alpha value is -2.26. The van der Waals surface area contributed by atoms with Gasteiger partial charge in [0, 0.05) is 25.2 Å². The smallest absolute Gasteiger partial charge is 0.119 e. The standard InChI is InChI=1S/C14H17ClN2.C9H13NO2/c1-11-2-4-17(10-11)5-3-12-6-13(9-16)8-14(15)7-12;1-7-6-8(12-3)4-5-9(7)10(2)11/h6-8,11H,2-5,10H2,1H3;4-6,11H,1-3H3. The molecule has 1 atom stereocenters. The molecule has 1 aliphatic heterocycles. The third kappa shape index (κ3) is 7.25. The molecule has 1 saturated heterocycles. The lowest BCUT2D eigenvalue weighted by molar-refractivity contribution is 0.279. The number of hydrogen-bond donors (Lipinski definition) is 1. The highest BCUT2D eigenvalue weighted by Crippen LogP contribution is 2.22. The predicted molar refractivity (Wildman–Crippen MR) is 118 cm³/mol. The van der Waals surface area contributed by atoms with E-state index < -0.39 is 0 Å². The van der Waals surface area contributed by atoms with Gasteiger partial charge in [-0.3, -0.25) is 10.3 Å². The van der Waals surface area contributed by atoms with Gasteiger partial charge in [-0.25, -0.2) is 0 Å². The van der Waals surface area contributed by atoms with Gasteiger partial charge >= 0.3 is 0 Å². The van der Waals surface area contributed by atoms with Crippen molar-refractivity contribution in [2.75, 3.05) is 38.9 Å². The molecule has 1 heterocycles. The van der Waals surface area contributed by atoms with Gasteiger partial charge in [0.2, 0.25) is 0 Å². The van der Waals surface area contributed by atoms with E-state index in [1.54, 1.807) is 20.2 Å². The average molecular weight is 416 g/mol. The summed E-state index contributed by atoms with van der Waals surface area (Å²) >= 11 is 5.98. The van der Waals surface area contributed by atoms with Crippen LogP contribution in [0.15, 0.2) is 36.4 Å². The van der Waals surface area contributed by atoms with Crippen molar-refractivity contribution in [2.45, 2.75) is 26.7 Å². The number of hydrogen-bond acceptors (Lipinski definition) is 5. The first-order valence-corrected chi connectivity index (χ1v) is 10.2. The Kier molecular flexibility index (Phi) is 8.78. The summed E-state index contributed by atoms with van der Waals surface area (Å²) in [5.74, 6) is 1.63. The van der Waals surface area contributed by atoms with Crippen LogP contribution in [-0.4, -0.2) is 43.9 Å². The van der Waals surface area contributed by atoms with Crippen molar-refractivity contribution in [3.8, 4) is 11.8 Å². The first-order valence-electron chi connectivity index (χ1n) is 9.81. The van der Waals surface area contributed by atoms with E-state index in [2.05, 4.69) is 17.9 Å². The van der Waals surface area contributed by atoms with Crippen LogP contribution in [0.4, 0.5) is 5.69 Å². The number of methoxy groups -OCH3 is 1. The van der Waals surface area contributed by atoms with Crippen molar-refractivity contribution < 1.29 is 9.94 Å². The largest absolute Gasteiger partial charge is 0.497 e. The van der Waals surface area contributed by atoms with E-state index in [9.17, 15) is 0 Å². The number of aryl methyl sites for hydroxylation is 1. The summed E-state index contributed by atoms with van der Waals surface area (Å²) < 4.78 is 5.03. The quantitative estimate of drug-likeness (QED) is 0.702. The zero-order chi connectivity index (χ0) is 21.4. The van der Waals surface area contributed by atoms with Crippen LogP contribution >= 0.6 is 11.6 Å². The summed E-state index contributed by atoms with van der Waals surface area (Å²) in [6.07, 6.45) is 2.28. The van der Waals surface area contributed by atoms with Crippen LogP contribution in [0.25, 0.3) is 0 Å². The van der Waals surface area contributed by atoms with Crippen molar-refractivity contribution in [2.24, 2.45) is 5.92 Å². The van der Waals surface area contributed by atoms with Crippen LogP contribution in [0, 0.1) is 24.2 Å². The maximum absolute atomic E-state index is 9.16. The van der Waals surface area contributed by atoms with E-state index in [0.717, 1.165) is 46.5 Å². The maximum Gasteiger partial charge on any atom is 0.119 e. The molecule has 0 spiro atoms. The topological polar surface area (TPSA) is 59.7 Å². The molecule has 0 aromatic heterocycles. The summed E-state index contributed by atoms with van der Waals surface area (Å²) in [7, 11) is 3.21. The third-order valence-electron chi connectivity index (χ3n) is 5.06. The van der Waals surface area contributed by atoms with E-state index >= 15 is 0 Å². The molecule has 0 saturated carbocycles. The van der Waals surface area contributed by atoms with E-state index in [4.69, 9.17) is 26.8 Å². The van der Waals surface area contributed by atoms with Crippen LogP contribution in [0.1, 0.15) is 30.0 Å². The van der Waals surface area contributed by atoms with Gasteiger partial charge in [-0.05, 0) is 79.8 Å². The number of likely N-dealkylation sites (tertiary alicyclic amines) is 1. The molecule has 1 unspecified atom stereocenters. The van der Waals surface area contributed by atoms with Gasteiger partial charge in [-0.15, -0.1) is 0 Å². The first-order chi connectivity index (χ1) is 13.8. The Balaban J connectivity index is 0.000000221. The number of benzene rings is 2. The molecule has 0 aliphatic carbocycles. The normalized spacial score (nSPS) is 16.0. The van der Waals surface area contributed by atoms with Gasteiger partial charge in [-0.2, -0.15) is 5.26 Å². The summed E-state index contributed by atoms with van der Waals surface area (Å²) in [5, 5.41) is 19.8. The molecule has 1 aliphatic rings. The molecule has 3 rings (SSSR count). The van der Waals surface area contributed by atoms with Crippen LogP contribution in [0.3, 0.4) is 0 Å². The summed E-state index contributed by atoms with van der Waals surface area (Å²) in [4.78, 5) is 2.48. The summed E-state index contributed by atoms with van der Waals surface area (Å²) in [6, 6.07) is 13.3. The zero-order valence-corrected chi connectivity index (χ0v) is 18.4. The van der Waals surface area contributed by atoms with Crippen LogP contribution in [0.2, 0.25) is 5.02 Å². The fourth-order valence-corrected chi connectivity index (χ4v) is 3.75. The zero-order valence-electron chi connectivity index (χ0n) is 17.7. The van der Waals surface area contributed by atoms with E-state index in [0.29, 0.717) is 10.6 Å². The fraction of sp³-hybridized carbons (Fsp3) is 0.435. The maximum atomic E-state index is 9.16. The minimum Gasteiger partial charge on any atom is -0.497 e. The van der Waals surface area contributed by atoms with E-state index in [1.807, 2.05) is 37.3 Å². The van der Waals surface area contributed by atoms with Crippen LogP contribution in [0.5, 0.6) is 5.75 Å². The van der Waals surface area contributed by atoms with Crippen LogP contribution < -0.4 is 9.80 Å². The molecule has 6 heteroatoms. The highest BCUT2D eigenvalue weighted by molar-refractivity contribution is 6.30. The van der Waals surface area contributed by atoms with Gasteiger partial charge in [0.25, 0.3) is 0 Å². The molecule has 156 valence electrons. The van der Waals surface area contributed by atoms with Gasteiger partial charge in [0.15, 0.2) is 0 Å². The van der Waals surface area contributed by atoms with Crippen molar-refractivity contribution >= 4 is 17.3 Å². The second-order valence-electron chi connectivity index (χ2n) is 7.58. The first kappa shape index (κ1) is 23.0. The third-order valence-corrected chi connectivity index (χ3v) is 5.28. The molecule has 5 nitrogen and oxygen atoms in total. The molecule has 0 amide bonds. The van der Waals surface area contributed by atoms with E-state index in [1.165, 1.54) is 19.5 Å². The molecular weight excluding hydrogens is 386 g/mol. The Labute approximate surface area is 179 Å². The van der Waals surface area contributed by atoms with Crippen LogP contribution in [-0.2, 0) is 6.42 Å². The van der Waals surface area contributed by atoms with E-state index in [-0.39, 0.29) is 0 Å². The lowest BCUT2D eigenvalue weighted by Crippen LogP contribution is -2.23. The molecule has 2 aromatic carbocycles. The number of nitriles is 1. The lowest BCUT2D eigenvalue weighted by Gasteiger charge is -2.15. The Morgan fingerprint density at radius 3 is 2.62 bits per heavy atom. The highest BCUT2D eigenvalue weighted by atomic mass is 35.5. The summed E-state index contributed by atoms with van der Waals surface area (Å²) in [5.41, 5.74) is 3.59.